The number of fused-ring (bicyclic) bond motifs is 1. The highest BCUT2D eigenvalue weighted by atomic mass is 35.5. The maximum absolute atomic E-state index is 12.8. The molecule has 174 valence electrons. The zero-order valence-electron chi connectivity index (χ0n) is 18.2. The molecule has 33 heavy (non-hydrogen) atoms. The smallest absolute Gasteiger partial charge is 0.331 e. The number of piperidine rings is 1. The van der Waals surface area contributed by atoms with Gasteiger partial charge in [-0.3, -0.25) is 14.2 Å². The van der Waals surface area contributed by atoms with Gasteiger partial charge in [0.05, 0.1) is 24.3 Å². The van der Waals surface area contributed by atoms with Crippen LogP contribution in [-0.4, -0.2) is 56.9 Å². The summed E-state index contributed by atoms with van der Waals surface area (Å²) in [6.45, 7) is 1.29. The first-order valence-electron chi connectivity index (χ1n) is 10.4. The lowest BCUT2D eigenvalue weighted by atomic mass is 10.0. The number of rotatable bonds is 6. The Bertz CT molecular complexity index is 1280. The third kappa shape index (κ3) is 4.74. The van der Waals surface area contributed by atoms with Crippen molar-refractivity contribution < 1.29 is 14.3 Å². The summed E-state index contributed by atoms with van der Waals surface area (Å²) in [5, 5.41) is 0.397. The Balaban J connectivity index is 1.47. The third-order valence-electron chi connectivity index (χ3n) is 5.63. The highest BCUT2D eigenvalue weighted by molar-refractivity contribution is 6.31. The highest BCUT2D eigenvalue weighted by Gasteiger charge is 2.26. The first kappa shape index (κ1) is 22.9. The maximum Gasteiger partial charge on any atom is 0.331 e. The van der Waals surface area contributed by atoms with Gasteiger partial charge in [-0.05, 0) is 18.9 Å². The molecule has 11 nitrogen and oxygen atoms in total. The average molecular weight is 475 g/mol. The van der Waals surface area contributed by atoms with Gasteiger partial charge >= 0.3 is 17.1 Å². The summed E-state index contributed by atoms with van der Waals surface area (Å²) in [6.07, 6.45) is 6.03. The lowest BCUT2D eigenvalue weighted by Crippen LogP contribution is -2.45. The lowest BCUT2D eigenvalue weighted by Gasteiger charge is -2.33. The van der Waals surface area contributed by atoms with E-state index in [0.717, 1.165) is 5.56 Å². The van der Waals surface area contributed by atoms with E-state index in [0.29, 0.717) is 48.1 Å². The number of carbonyl (C=O) groups excluding carboxylic acids is 1. The van der Waals surface area contributed by atoms with Crippen LogP contribution < -0.4 is 16.0 Å². The zero-order chi connectivity index (χ0) is 23.5. The van der Waals surface area contributed by atoms with Crippen molar-refractivity contribution in [2.45, 2.75) is 25.5 Å². The summed E-state index contributed by atoms with van der Waals surface area (Å²) >= 11 is 6.05. The van der Waals surface area contributed by atoms with E-state index < -0.39 is 17.1 Å². The van der Waals surface area contributed by atoms with Gasteiger partial charge in [-0.2, -0.15) is 0 Å². The predicted molar refractivity (Wildman–Crippen MR) is 120 cm³/mol. The van der Waals surface area contributed by atoms with E-state index in [1.54, 1.807) is 25.5 Å². The number of esters is 1. The Kier molecular flexibility index (Phi) is 6.70. The van der Waals surface area contributed by atoms with E-state index in [1.165, 1.54) is 22.4 Å². The molecule has 4 rings (SSSR count). The molecule has 1 aliphatic heterocycles. The topological polar surface area (TPSA) is 121 Å². The van der Waals surface area contributed by atoms with Gasteiger partial charge < -0.3 is 18.9 Å². The van der Waals surface area contributed by atoms with Crippen LogP contribution in [0, 0.1) is 0 Å². The fourth-order valence-corrected chi connectivity index (χ4v) is 4.02. The van der Waals surface area contributed by atoms with Crippen LogP contribution >= 0.6 is 11.6 Å². The molecule has 0 N–H and O–H groups in total. The first-order valence-corrected chi connectivity index (χ1v) is 10.7. The number of pyridine rings is 1. The molecule has 1 aliphatic rings. The summed E-state index contributed by atoms with van der Waals surface area (Å²) in [7, 11) is 2.84. The van der Waals surface area contributed by atoms with Gasteiger partial charge in [-0.25, -0.2) is 19.7 Å². The van der Waals surface area contributed by atoms with Crippen LogP contribution in [0.15, 0.2) is 34.2 Å². The minimum Gasteiger partial charge on any atom is -0.467 e. The Labute approximate surface area is 193 Å². The number of aryl methyl sites for hydroxylation is 1. The molecule has 3 aromatic rings. The first-order chi connectivity index (χ1) is 15.9. The number of methoxy groups -OCH3 is 1. The standard InChI is InChI=1S/C21H23ClN6O5/c1-26-16-7-14(22)10-23-18(16)28(20(31)19(26)30)15-3-5-27(6-4-15)21-24-8-13(9-25-21)11-33-12-17(29)32-2/h7-10,15H,3-6,11-12H2,1-2H3. The van der Waals surface area contributed by atoms with Gasteiger partial charge in [0.2, 0.25) is 5.95 Å². The number of halogens is 1. The van der Waals surface area contributed by atoms with Crippen molar-refractivity contribution in [2.75, 3.05) is 31.7 Å². The molecule has 12 heteroatoms. The molecule has 0 amide bonds. The normalized spacial score (nSPS) is 14.6. The second kappa shape index (κ2) is 9.67. The number of aromatic nitrogens is 5. The number of ether oxygens (including phenoxy) is 2. The summed E-state index contributed by atoms with van der Waals surface area (Å²) in [5.74, 6) is 0.119. The van der Waals surface area contributed by atoms with Gasteiger partial charge in [-0.15, -0.1) is 0 Å². The van der Waals surface area contributed by atoms with E-state index in [2.05, 4.69) is 19.7 Å². The van der Waals surface area contributed by atoms with E-state index >= 15 is 0 Å². The monoisotopic (exact) mass is 474 g/mol. The summed E-state index contributed by atoms with van der Waals surface area (Å²) in [6, 6.07) is 1.46. The van der Waals surface area contributed by atoms with Crippen LogP contribution in [0.1, 0.15) is 24.4 Å². The Morgan fingerprint density at radius 2 is 1.82 bits per heavy atom. The molecule has 0 spiro atoms. The molecule has 0 radical (unpaired) electrons. The van der Waals surface area contributed by atoms with Crippen LogP contribution in [0.25, 0.3) is 11.2 Å². The van der Waals surface area contributed by atoms with Crippen molar-refractivity contribution >= 4 is 34.7 Å². The van der Waals surface area contributed by atoms with Gasteiger partial charge in [0.25, 0.3) is 0 Å². The number of carbonyl (C=O) groups is 1. The zero-order valence-corrected chi connectivity index (χ0v) is 19.0. The Morgan fingerprint density at radius 3 is 2.48 bits per heavy atom. The molecule has 0 saturated carbocycles. The Morgan fingerprint density at radius 1 is 1.12 bits per heavy atom. The molecule has 1 saturated heterocycles. The van der Waals surface area contributed by atoms with Crippen LogP contribution in [0.4, 0.5) is 5.95 Å². The molecular formula is C21H23ClN6O5. The molecule has 0 aromatic carbocycles. The van der Waals surface area contributed by atoms with Crippen molar-refractivity contribution in [3.63, 3.8) is 0 Å². The number of anilines is 1. The van der Waals surface area contributed by atoms with Crippen molar-refractivity contribution in [1.29, 1.82) is 0 Å². The quantitative estimate of drug-likeness (QED) is 0.381. The van der Waals surface area contributed by atoms with E-state index in [1.807, 2.05) is 4.90 Å². The van der Waals surface area contributed by atoms with Crippen molar-refractivity contribution in [2.24, 2.45) is 7.05 Å². The summed E-state index contributed by atoms with van der Waals surface area (Å²) in [5.41, 5.74) is 0.494. The van der Waals surface area contributed by atoms with Gasteiger partial charge in [0.1, 0.15) is 6.61 Å². The van der Waals surface area contributed by atoms with Crippen LogP contribution in [-0.2, 0) is 27.9 Å². The fourth-order valence-electron chi connectivity index (χ4n) is 3.87. The SMILES string of the molecule is COC(=O)COCc1cnc(N2CCC(n3c(=O)c(=O)n(C)c4cc(Cl)cnc43)CC2)nc1. The van der Waals surface area contributed by atoms with Crippen molar-refractivity contribution in [3.05, 3.63) is 56.0 Å². The summed E-state index contributed by atoms with van der Waals surface area (Å²) < 4.78 is 12.6. The van der Waals surface area contributed by atoms with Crippen molar-refractivity contribution in [3.8, 4) is 0 Å². The molecule has 4 heterocycles. The predicted octanol–water partition coefficient (Wildman–Crippen LogP) is 1.07. The number of hydrogen-bond acceptors (Lipinski definition) is 9. The van der Waals surface area contributed by atoms with Crippen LogP contribution in [0.2, 0.25) is 5.02 Å². The molecule has 0 unspecified atom stereocenters. The average Bonchev–Trinajstić information content (AvgIpc) is 2.84. The minimum atomic E-state index is -0.609. The molecule has 3 aromatic heterocycles. The molecule has 0 bridgehead atoms. The van der Waals surface area contributed by atoms with Gasteiger partial charge in [-0.1, -0.05) is 11.6 Å². The van der Waals surface area contributed by atoms with Crippen LogP contribution in [0.5, 0.6) is 0 Å². The third-order valence-corrected chi connectivity index (χ3v) is 5.84. The fraction of sp³-hybridized carbons (Fsp3) is 0.429. The Hall–Kier alpha value is -3.31. The molecule has 0 aliphatic carbocycles. The van der Waals surface area contributed by atoms with E-state index in [4.69, 9.17) is 16.3 Å². The largest absolute Gasteiger partial charge is 0.467 e. The van der Waals surface area contributed by atoms with Gasteiger partial charge in [0.15, 0.2) is 5.65 Å². The van der Waals surface area contributed by atoms with E-state index in [9.17, 15) is 14.4 Å². The van der Waals surface area contributed by atoms with Crippen LogP contribution in [0.3, 0.4) is 0 Å². The lowest BCUT2D eigenvalue weighted by molar-refractivity contribution is -0.146. The highest BCUT2D eigenvalue weighted by Crippen LogP contribution is 2.26. The van der Waals surface area contributed by atoms with E-state index in [-0.39, 0.29) is 19.3 Å². The molecular weight excluding hydrogens is 452 g/mol. The molecule has 0 atom stereocenters. The van der Waals surface area contributed by atoms with Gasteiger partial charge in [0, 0.05) is 50.3 Å². The van der Waals surface area contributed by atoms with Crippen molar-refractivity contribution in [1.82, 2.24) is 24.1 Å². The molecule has 1 fully saturated rings. The minimum absolute atomic E-state index is 0.135. The number of hydrogen-bond donors (Lipinski definition) is 0. The second-order valence-electron chi connectivity index (χ2n) is 7.71. The maximum atomic E-state index is 12.8. The second-order valence-corrected chi connectivity index (χ2v) is 8.15. The summed E-state index contributed by atoms with van der Waals surface area (Å²) in [4.78, 5) is 51.5. The number of nitrogens with zero attached hydrogens (tertiary/aromatic N) is 6.